The molecular formula is C18H21BrFN2O2+. The highest BCUT2D eigenvalue weighted by Crippen LogP contribution is 2.25. The van der Waals surface area contributed by atoms with Crippen molar-refractivity contribution in [3.63, 3.8) is 0 Å². The standard InChI is InChI=1S/C18H20BrFN2O2/c1-22(2)11-14-6-4-3-5-13(14)10-21-18(23)12-24-17-8-7-15(20)9-16(17)19/h3-9H,10-12H2,1-2H3,(H,21,23)/p+1. The molecule has 0 aliphatic heterocycles. The number of ether oxygens (including phenoxy) is 1. The molecule has 0 radical (unpaired) electrons. The largest absolute Gasteiger partial charge is 0.483 e. The summed E-state index contributed by atoms with van der Waals surface area (Å²) in [7, 11) is 4.17. The second kappa shape index (κ2) is 8.80. The molecule has 0 unspecified atom stereocenters. The van der Waals surface area contributed by atoms with Crippen LogP contribution >= 0.6 is 15.9 Å². The highest BCUT2D eigenvalue weighted by molar-refractivity contribution is 9.10. The lowest BCUT2D eigenvalue weighted by Gasteiger charge is -2.13. The van der Waals surface area contributed by atoms with Gasteiger partial charge in [0, 0.05) is 12.1 Å². The zero-order valence-electron chi connectivity index (χ0n) is 13.7. The molecule has 0 saturated heterocycles. The summed E-state index contributed by atoms with van der Waals surface area (Å²) in [5, 5.41) is 2.85. The average Bonchev–Trinajstić information content (AvgIpc) is 2.52. The van der Waals surface area contributed by atoms with Crippen molar-refractivity contribution in [2.45, 2.75) is 13.1 Å². The lowest BCUT2D eigenvalue weighted by Crippen LogP contribution is -3.04. The molecule has 0 aliphatic rings. The number of benzene rings is 2. The number of halogens is 2. The molecule has 0 heterocycles. The second-order valence-corrected chi connectivity index (χ2v) is 6.65. The van der Waals surface area contributed by atoms with Crippen LogP contribution in [0.1, 0.15) is 11.1 Å². The Morgan fingerprint density at radius 3 is 2.58 bits per heavy atom. The van der Waals surface area contributed by atoms with Crippen LogP contribution in [-0.2, 0) is 17.9 Å². The fraction of sp³-hybridized carbons (Fsp3) is 0.278. The van der Waals surface area contributed by atoms with E-state index in [9.17, 15) is 9.18 Å². The van der Waals surface area contributed by atoms with Crippen LogP contribution in [0.25, 0.3) is 0 Å². The highest BCUT2D eigenvalue weighted by Gasteiger charge is 2.09. The Hall–Kier alpha value is -1.92. The Bertz CT molecular complexity index is 707. The van der Waals surface area contributed by atoms with Gasteiger partial charge in [0.05, 0.1) is 18.6 Å². The third-order valence-corrected chi connectivity index (χ3v) is 4.01. The van der Waals surface area contributed by atoms with E-state index in [0.717, 1.165) is 12.1 Å². The van der Waals surface area contributed by atoms with E-state index >= 15 is 0 Å². The van der Waals surface area contributed by atoms with Crippen molar-refractivity contribution in [1.29, 1.82) is 0 Å². The van der Waals surface area contributed by atoms with Crippen LogP contribution in [0.5, 0.6) is 5.75 Å². The van der Waals surface area contributed by atoms with Gasteiger partial charge in [0.1, 0.15) is 18.1 Å². The molecule has 0 spiro atoms. The Morgan fingerprint density at radius 2 is 1.92 bits per heavy atom. The van der Waals surface area contributed by atoms with Gasteiger partial charge in [-0.15, -0.1) is 0 Å². The van der Waals surface area contributed by atoms with E-state index in [1.54, 1.807) is 0 Å². The molecule has 0 aliphatic carbocycles. The predicted octanol–water partition coefficient (Wildman–Crippen LogP) is 1.93. The van der Waals surface area contributed by atoms with Gasteiger partial charge in [-0.1, -0.05) is 24.3 Å². The summed E-state index contributed by atoms with van der Waals surface area (Å²) in [4.78, 5) is 13.3. The lowest BCUT2D eigenvalue weighted by atomic mass is 10.1. The SMILES string of the molecule is C[NH+](C)Cc1ccccc1CNC(=O)COc1ccc(F)cc1Br. The van der Waals surface area contributed by atoms with Gasteiger partial charge in [-0.2, -0.15) is 0 Å². The normalized spacial score (nSPS) is 10.7. The minimum atomic E-state index is -0.363. The number of hydrogen-bond acceptors (Lipinski definition) is 2. The van der Waals surface area contributed by atoms with E-state index in [-0.39, 0.29) is 18.3 Å². The molecule has 2 N–H and O–H groups in total. The number of amides is 1. The number of quaternary nitrogens is 1. The summed E-state index contributed by atoms with van der Waals surface area (Å²) >= 11 is 3.21. The van der Waals surface area contributed by atoms with Crippen LogP contribution < -0.4 is 15.0 Å². The van der Waals surface area contributed by atoms with Crippen molar-refractivity contribution < 1.29 is 18.8 Å². The fourth-order valence-electron chi connectivity index (χ4n) is 2.26. The molecule has 4 nitrogen and oxygen atoms in total. The first kappa shape index (κ1) is 18.4. The smallest absolute Gasteiger partial charge is 0.258 e. The van der Waals surface area contributed by atoms with Gasteiger partial charge in [0.25, 0.3) is 5.91 Å². The number of carbonyl (C=O) groups is 1. The topological polar surface area (TPSA) is 42.8 Å². The zero-order valence-corrected chi connectivity index (χ0v) is 15.3. The predicted molar refractivity (Wildman–Crippen MR) is 94.4 cm³/mol. The van der Waals surface area contributed by atoms with Gasteiger partial charge in [-0.05, 0) is 39.7 Å². The molecule has 0 saturated carbocycles. The highest BCUT2D eigenvalue weighted by atomic mass is 79.9. The summed E-state index contributed by atoms with van der Waals surface area (Å²) in [5.74, 6) is -0.153. The minimum absolute atomic E-state index is 0.120. The van der Waals surface area contributed by atoms with E-state index in [1.165, 1.54) is 28.7 Å². The first-order valence-corrected chi connectivity index (χ1v) is 8.45. The molecule has 0 fully saturated rings. The fourth-order valence-corrected chi connectivity index (χ4v) is 2.73. The molecular weight excluding hydrogens is 375 g/mol. The van der Waals surface area contributed by atoms with E-state index in [2.05, 4.69) is 41.4 Å². The maximum absolute atomic E-state index is 13.0. The molecule has 2 aromatic rings. The van der Waals surface area contributed by atoms with Crippen LogP contribution in [0.2, 0.25) is 0 Å². The van der Waals surface area contributed by atoms with Crippen LogP contribution in [-0.4, -0.2) is 26.6 Å². The van der Waals surface area contributed by atoms with E-state index in [1.807, 2.05) is 18.2 Å². The van der Waals surface area contributed by atoms with Gasteiger partial charge < -0.3 is 15.0 Å². The molecule has 0 atom stereocenters. The third kappa shape index (κ3) is 5.62. The molecule has 0 aromatic heterocycles. The summed E-state index contributed by atoms with van der Waals surface area (Å²) in [6.45, 7) is 1.23. The number of hydrogen-bond donors (Lipinski definition) is 2. The zero-order chi connectivity index (χ0) is 17.5. The summed E-state index contributed by atoms with van der Waals surface area (Å²) in [6.07, 6.45) is 0. The van der Waals surface area contributed by atoms with Gasteiger partial charge in [0.2, 0.25) is 0 Å². The van der Waals surface area contributed by atoms with Crippen molar-refractivity contribution in [2.75, 3.05) is 20.7 Å². The lowest BCUT2D eigenvalue weighted by molar-refractivity contribution is -0.872. The van der Waals surface area contributed by atoms with Crippen LogP contribution in [0, 0.1) is 5.82 Å². The number of carbonyl (C=O) groups excluding carboxylic acids is 1. The second-order valence-electron chi connectivity index (χ2n) is 5.79. The Balaban J connectivity index is 1.87. The van der Waals surface area contributed by atoms with Crippen LogP contribution in [0.15, 0.2) is 46.9 Å². The van der Waals surface area contributed by atoms with Crippen LogP contribution in [0.4, 0.5) is 4.39 Å². The van der Waals surface area contributed by atoms with Gasteiger partial charge >= 0.3 is 0 Å². The van der Waals surface area contributed by atoms with Crippen LogP contribution in [0.3, 0.4) is 0 Å². The molecule has 0 bridgehead atoms. The number of nitrogens with one attached hydrogen (secondary N) is 2. The molecule has 128 valence electrons. The van der Waals surface area contributed by atoms with Gasteiger partial charge in [-0.3, -0.25) is 4.79 Å². The first-order valence-electron chi connectivity index (χ1n) is 7.66. The van der Waals surface area contributed by atoms with Crippen molar-refractivity contribution >= 4 is 21.8 Å². The monoisotopic (exact) mass is 395 g/mol. The third-order valence-electron chi connectivity index (χ3n) is 3.39. The Morgan fingerprint density at radius 1 is 1.21 bits per heavy atom. The molecule has 24 heavy (non-hydrogen) atoms. The van der Waals surface area contributed by atoms with E-state index in [4.69, 9.17) is 4.74 Å². The Kier molecular flexibility index (Phi) is 6.75. The Labute approximate surface area is 149 Å². The van der Waals surface area contributed by atoms with Gasteiger partial charge in [-0.25, -0.2) is 4.39 Å². The molecule has 2 rings (SSSR count). The minimum Gasteiger partial charge on any atom is -0.483 e. The summed E-state index contributed by atoms with van der Waals surface area (Å²) in [5.41, 5.74) is 2.30. The first-order chi connectivity index (χ1) is 11.5. The van der Waals surface area contributed by atoms with E-state index in [0.29, 0.717) is 16.8 Å². The number of rotatable bonds is 7. The van der Waals surface area contributed by atoms with Crippen molar-refractivity contribution in [2.24, 2.45) is 0 Å². The maximum Gasteiger partial charge on any atom is 0.258 e. The van der Waals surface area contributed by atoms with Crippen molar-refractivity contribution in [3.05, 3.63) is 63.9 Å². The average molecular weight is 396 g/mol. The molecule has 2 aromatic carbocycles. The molecule has 1 amide bonds. The maximum atomic E-state index is 13.0. The quantitative estimate of drug-likeness (QED) is 0.751. The van der Waals surface area contributed by atoms with Crippen molar-refractivity contribution in [3.8, 4) is 5.75 Å². The summed E-state index contributed by atoms with van der Waals surface area (Å²) < 4.78 is 18.9. The van der Waals surface area contributed by atoms with Gasteiger partial charge in [0.15, 0.2) is 6.61 Å². The summed E-state index contributed by atoms with van der Waals surface area (Å²) in [6, 6.07) is 12.1. The van der Waals surface area contributed by atoms with E-state index < -0.39 is 0 Å². The van der Waals surface area contributed by atoms with Crippen molar-refractivity contribution in [1.82, 2.24) is 5.32 Å². The molecule has 6 heteroatoms.